The molecule has 4 N–H and O–H groups in total. The van der Waals surface area contributed by atoms with E-state index in [0.717, 1.165) is 6.08 Å². The number of hydrogen-bond donors (Lipinski definition) is 4. The highest BCUT2D eigenvalue weighted by Crippen LogP contribution is 2.41. The lowest BCUT2D eigenvalue weighted by molar-refractivity contribution is -0.323. The van der Waals surface area contributed by atoms with Gasteiger partial charge in [-0.2, -0.15) is 0 Å². The van der Waals surface area contributed by atoms with Crippen LogP contribution < -0.4 is 0 Å². The molecule has 1 fully saturated rings. The molecular weight excluding hydrogens is 636 g/mol. The standard InChI is InChI=1S/C37H56O12/c1-10-27-24(5)30(47-32(40)17-16-31(38)39)20-37(44,49-27)26(7)34(42)25(6)35-28(45-8)15-13-11-12-14-22(3)33(41)23(4)18-21(2)19-29(46-9)36(43)48-35/h11-13,15-19,22-28,30,33-35,41-42,44H,10,14,20H2,1-9H3,(H,38,39)/b12-11+,15-13+,17-16+,21-18+,29-19-/t22-,23-,24-,25+,26+,27-,28+,30-,33+,34-,35-,37-/m1/s1. The average molecular weight is 693 g/mol. The summed E-state index contributed by atoms with van der Waals surface area (Å²) in [6.45, 7) is 12.6. The van der Waals surface area contributed by atoms with Gasteiger partial charge >= 0.3 is 17.9 Å². The molecule has 12 atom stereocenters. The third-order valence-corrected chi connectivity index (χ3v) is 9.66. The molecule has 0 aromatic rings. The molecule has 2 aliphatic heterocycles. The summed E-state index contributed by atoms with van der Waals surface area (Å²) in [5, 5.41) is 43.4. The molecule has 0 spiro atoms. The number of carbonyl (C=O) groups is 3. The maximum absolute atomic E-state index is 13.5. The van der Waals surface area contributed by atoms with Crippen LogP contribution in [0.3, 0.4) is 0 Å². The van der Waals surface area contributed by atoms with Crippen molar-refractivity contribution >= 4 is 17.9 Å². The van der Waals surface area contributed by atoms with E-state index in [1.54, 1.807) is 39.8 Å². The Labute approximate surface area is 290 Å². The van der Waals surface area contributed by atoms with Crippen molar-refractivity contribution < 1.29 is 58.5 Å². The first kappa shape index (κ1) is 41.9. The molecule has 2 heterocycles. The van der Waals surface area contributed by atoms with Crippen LogP contribution in [0.2, 0.25) is 0 Å². The van der Waals surface area contributed by atoms with Gasteiger partial charge in [0.2, 0.25) is 5.76 Å². The Balaban J connectivity index is 2.48. The fourth-order valence-corrected chi connectivity index (χ4v) is 6.42. The Morgan fingerprint density at radius 1 is 1.14 bits per heavy atom. The van der Waals surface area contributed by atoms with Crippen LogP contribution in [0, 0.1) is 29.6 Å². The smallest absolute Gasteiger partial charge is 0.373 e. The first-order valence-electron chi connectivity index (χ1n) is 16.9. The van der Waals surface area contributed by atoms with Crippen molar-refractivity contribution in [1.29, 1.82) is 0 Å². The van der Waals surface area contributed by atoms with E-state index in [1.807, 2.05) is 39.0 Å². The third-order valence-electron chi connectivity index (χ3n) is 9.66. The lowest BCUT2D eigenvalue weighted by atomic mass is 9.77. The van der Waals surface area contributed by atoms with E-state index in [1.165, 1.54) is 20.3 Å². The molecule has 0 bridgehead atoms. The van der Waals surface area contributed by atoms with E-state index in [0.29, 0.717) is 24.5 Å². The SMILES string of the molecule is CC[C@H]1O[C@@](O)([C@@H](C)[C@H](O)[C@H](C)[C@H]2OC(=O)/C(OC)=C/C(C)=C/[C@@H](C)[C@@H](O)[C@H](C)C/C=C/C=C/[C@@H]2OC)C[C@@H](OC(=O)/C=C/C(=O)O)[C@@H]1C. The molecule has 12 heteroatoms. The van der Waals surface area contributed by atoms with E-state index in [-0.39, 0.29) is 29.9 Å². The van der Waals surface area contributed by atoms with E-state index in [2.05, 4.69) is 0 Å². The molecule has 276 valence electrons. The van der Waals surface area contributed by atoms with E-state index in [4.69, 9.17) is 28.8 Å². The predicted octanol–water partition coefficient (Wildman–Crippen LogP) is 4.25. The highest BCUT2D eigenvalue weighted by Gasteiger charge is 2.52. The van der Waals surface area contributed by atoms with Gasteiger partial charge in [0.05, 0.1) is 25.4 Å². The number of hydrogen-bond acceptors (Lipinski definition) is 11. The van der Waals surface area contributed by atoms with E-state index in [9.17, 15) is 29.7 Å². The van der Waals surface area contributed by atoms with Crippen LogP contribution in [-0.4, -0.2) is 95.0 Å². The summed E-state index contributed by atoms with van der Waals surface area (Å²) in [5.74, 6) is -7.47. The van der Waals surface area contributed by atoms with E-state index < -0.39 is 72.2 Å². The predicted molar refractivity (Wildman–Crippen MR) is 182 cm³/mol. The van der Waals surface area contributed by atoms with Gasteiger partial charge in [-0.05, 0) is 31.8 Å². The molecule has 0 amide bonds. The van der Waals surface area contributed by atoms with Gasteiger partial charge in [0.25, 0.3) is 0 Å². The molecule has 2 aliphatic rings. The highest BCUT2D eigenvalue weighted by atomic mass is 16.6. The fourth-order valence-electron chi connectivity index (χ4n) is 6.42. The molecule has 0 radical (unpaired) electrons. The van der Waals surface area contributed by atoms with Gasteiger partial charge in [-0.25, -0.2) is 14.4 Å². The Hall–Kier alpha value is -3.29. The fraction of sp³-hybridized carbons (Fsp3) is 0.649. The Bertz CT molecular complexity index is 1270. The number of aliphatic hydroxyl groups excluding tert-OH is 2. The van der Waals surface area contributed by atoms with Gasteiger partial charge in [0.1, 0.15) is 18.3 Å². The quantitative estimate of drug-likeness (QED) is 0.189. The van der Waals surface area contributed by atoms with Crippen molar-refractivity contribution in [1.82, 2.24) is 0 Å². The third kappa shape index (κ3) is 11.6. The molecule has 1 saturated heterocycles. The number of aliphatic carboxylic acids is 1. The minimum atomic E-state index is -1.97. The summed E-state index contributed by atoms with van der Waals surface area (Å²) in [6.07, 6.45) is 7.66. The number of rotatable bonds is 10. The molecule has 0 aromatic carbocycles. The molecule has 49 heavy (non-hydrogen) atoms. The first-order chi connectivity index (χ1) is 23.0. The van der Waals surface area contributed by atoms with Gasteiger partial charge in [-0.15, -0.1) is 0 Å². The van der Waals surface area contributed by atoms with Crippen molar-refractivity contribution in [3.63, 3.8) is 0 Å². The lowest BCUT2D eigenvalue weighted by Crippen LogP contribution is -2.58. The zero-order chi connectivity index (χ0) is 37.1. The monoisotopic (exact) mass is 692 g/mol. The van der Waals surface area contributed by atoms with Crippen molar-refractivity contribution in [2.75, 3.05) is 14.2 Å². The number of cyclic esters (lactones) is 1. The maximum atomic E-state index is 13.5. The summed E-state index contributed by atoms with van der Waals surface area (Å²) < 4.78 is 28.8. The first-order valence-corrected chi connectivity index (χ1v) is 16.9. The molecule has 12 nitrogen and oxygen atoms in total. The second-order valence-electron chi connectivity index (χ2n) is 13.3. The van der Waals surface area contributed by atoms with Gasteiger partial charge in [-0.1, -0.05) is 77.5 Å². The minimum absolute atomic E-state index is 0.0394. The Morgan fingerprint density at radius 2 is 1.82 bits per heavy atom. The summed E-state index contributed by atoms with van der Waals surface area (Å²) in [7, 11) is 2.79. The molecular formula is C37H56O12. The maximum Gasteiger partial charge on any atom is 0.373 e. The summed E-state index contributed by atoms with van der Waals surface area (Å²) in [5.41, 5.74) is 0.682. The Morgan fingerprint density at radius 3 is 2.41 bits per heavy atom. The number of methoxy groups -OCH3 is 2. The van der Waals surface area contributed by atoms with E-state index >= 15 is 0 Å². The van der Waals surface area contributed by atoms with Crippen molar-refractivity contribution in [2.45, 2.75) is 110 Å². The largest absolute Gasteiger partial charge is 0.490 e. The van der Waals surface area contributed by atoms with Gasteiger partial charge < -0.3 is 44.1 Å². The molecule has 0 aliphatic carbocycles. The van der Waals surface area contributed by atoms with Gasteiger partial charge in [0, 0.05) is 49.4 Å². The Kier molecular flexibility index (Phi) is 16.4. The zero-order valence-electron chi connectivity index (χ0n) is 30.1. The van der Waals surface area contributed by atoms with Crippen LogP contribution >= 0.6 is 0 Å². The summed E-state index contributed by atoms with van der Waals surface area (Å²) >= 11 is 0. The van der Waals surface area contributed by atoms with Crippen LogP contribution in [0.4, 0.5) is 0 Å². The average Bonchev–Trinajstić information content (AvgIpc) is 3.06. The van der Waals surface area contributed by atoms with Gasteiger partial charge in [0.15, 0.2) is 5.79 Å². The minimum Gasteiger partial charge on any atom is -0.490 e. The van der Waals surface area contributed by atoms with Gasteiger partial charge in [-0.3, -0.25) is 0 Å². The van der Waals surface area contributed by atoms with Crippen LogP contribution in [0.15, 0.2) is 59.9 Å². The normalized spacial score (nSPS) is 37.3. The number of carboxylic acid groups (broad SMARTS) is 1. The molecule has 0 unspecified atom stereocenters. The number of ether oxygens (including phenoxy) is 5. The molecule has 0 aromatic heterocycles. The number of esters is 2. The second-order valence-corrected chi connectivity index (χ2v) is 13.3. The number of allylic oxidation sites excluding steroid dienone is 5. The zero-order valence-corrected chi connectivity index (χ0v) is 30.1. The molecule has 2 rings (SSSR count). The van der Waals surface area contributed by atoms with Crippen molar-refractivity contribution in [3.8, 4) is 0 Å². The number of aliphatic hydroxyl groups is 3. The number of carboxylic acids is 1. The molecule has 0 saturated carbocycles. The summed E-state index contributed by atoms with van der Waals surface area (Å²) in [6, 6.07) is 0. The number of carbonyl (C=O) groups excluding carboxylic acids is 2. The highest BCUT2D eigenvalue weighted by molar-refractivity contribution is 5.90. The second kappa shape index (κ2) is 19.2. The van der Waals surface area contributed by atoms with Crippen LogP contribution in [0.1, 0.15) is 67.7 Å². The van der Waals surface area contributed by atoms with Crippen molar-refractivity contribution in [2.24, 2.45) is 29.6 Å². The van der Waals surface area contributed by atoms with Crippen LogP contribution in [0.5, 0.6) is 0 Å². The lowest BCUT2D eigenvalue weighted by Gasteiger charge is -2.49. The van der Waals surface area contributed by atoms with Crippen molar-refractivity contribution in [3.05, 3.63) is 59.9 Å². The van der Waals surface area contributed by atoms with Crippen LogP contribution in [-0.2, 0) is 38.1 Å². The topological polar surface area (TPSA) is 178 Å². The van der Waals surface area contributed by atoms with Crippen LogP contribution in [0.25, 0.3) is 0 Å². The summed E-state index contributed by atoms with van der Waals surface area (Å²) in [4.78, 5) is 36.8.